The summed E-state index contributed by atoms with van der Waals surface area (Å²) in [7, 11) is 0. The smallest absolute Gasteiger partial charge is 0.255 e. The highest BCUT2D eigenvalue weighted by atomic mass is 32.1. The zero-order chi connectivity index (χ0) is 15.1. The molecule has 1 aliphatic rings. The van der Waals surface area contributed by atoms with Crippen LogP contribution in [0.1, 0.15) is 47.3 Å². The van der Waals surface area contributed by atoms with Crippen LogP contribution in [0.5, 0.6) is 0 Å². The summed E-state index contributed by atoms with van der Waals surface area (Å²) in [6, 6.07) is 2.01. The number of hydrogen-bond donors (Lipinski definition) is 2. The van der Waals surface area contributed by atoms with Crippen LogP contribution >= 0.6 is 11.3 Å². The van der Waals surface area contributed by atoms with E-state index < -0.39 is 0 Å². The van der Waals surface area contributed by atoms with Crippen LogP contribution in [0, 0.1) is 11.8 Å². The summed E-state index contributed by atoms with van der Waals surface area (Å²) in [4.78, 5) is 15.2. The molecule has 1 aromatic heterocycles. The average molecular weight is 307 g/mol. The minimum absolute atomic E-state index is 0.0104. The third-order valence-corrected chi connectivity index (χ3v) is 4.60. The van der Waals surface area contributed by atoms with E-state index >= 15 is 0 Å². The SMILES string of the molecule is O=C(c1csc(C#CCO)c1)N(CCO)C1CCCCC1. The molecule has 1 fully saturated rings. The molecule has 0 aliphatic heterocycles. The van der Waals surface area contributed by atoms with Gasteiger partial charge in [0.15, 0.2) is 0 Å². The van der Waals surface area contributed by atoms with Crippen molar-refractivity contribution in [2.75, 3.05) is 19.8 Å². The van der Waals surface area contributed by atoms with E-state index in [2.05, 4.69) is 11.8 Å². The number of hydrogen-bond acceptors (Lipinski definition) is 4. The molecule has 2 rings (SSSR count). The van der Waals surface area contributed by atoms with Crippen molar-refractivity contribution in [3.05, 3.63) is 21.9 Å². The first-order chi connectivity index (χ1) is 10.3. The first kappa shape index (κ1) is 16.0. The predicted octanol–water partition coefficient (Wildman–Crippen LogP) is 1.86. The highest BCUT2D eigenvalue weighted by molar-refractivity contribution is 7.10. The second-order valence-electron chi connectivity index (χ2n) is 5.17. The topological polar surface area (TPSA) is 60.8 Å². The Morgan fingerprint density at radius 3 is 2.76 bits per heavy atom. The number of thiophene rings is 1. The average Bonchev–Trinajstić information content (AvgIpc) is 2.99. The molecule has 0 bridgehead atoms. The molecule has 1 aliphatic carbocycles. The lowest BCUT2D eigenvalue weighted by Gasteiger charge is -2.33. The fraction of sp³-hybridized carbons (Fsp3) is 0.562. The maximum Gasteiger partial charge on any atom is 0.255 e. The molecule has 0 atom stereocenters. The van der Waals surface area contributed by atoms with Gasteiger partial charge in [-0.3, -0.25) is 4.79 Å². The predicted molar refractivity (Wildman–Crippen MR) is 83.3 cm³/mol. The molecule has 114 valence electrons. The lowest BCUT2D eigenvalue weighted by atomic mass is 9.94. The summed E-state index contributed by atoms with van der Waals surface area (Å²) < 4.78 is 0. The zero-order valence-electron chi connectivity index (χ0n) is 12.0. The van der Waals surface area contributed by atoms with E-state index in [4.69, 9.17) is 5.11 Å². The van der Waals surface area contributed by atoms with Crippen LogP contribution in [-0.2, 0) is 0 Å². The number of aliphatic hydroxyl groups excluding tert-OH is 2. The maximum atomic E-state index is 12.6. The molecule has 1 amide bonds. The van der Waals surface area contributed by atoms with Crippen LogP contribution in [0.2, 0.25) is 0 Å². The number of nitrogens with zero attached hydrogens (tertiary/aromatic N) is 1. The molecule has 1 aromatic rings. The number of amides is 1. The Labute approximate surface area is 129 Å². The largest absolute Gasteiger partial charge is 0.395 e. The first-order valence-corrected chi connectivity index (χ1v) is 8.24. The molecule has 0 radical (unpaired) electrons. The monoisotopic (exact) mass is 307 g/mol. The number of aliphatic hydroxyl groups is 2. The van der Waals surface area contributed by atoms with Crippen molar-refractivity contribution in [2.24, 2.45) is 0 Å². The molecule has 5 heteroatoms. The van der Waals surface area contributed by atoms with Crippen LogP contribution in [0.4, 0.5) is 0 Å². The summed E-state index contributed by atoms with van der Waals surface area (Å²) >= 11 is 1.41. The van der Waals surface area contributed by atoms with Crippen LogP contribution in [0.25, 0.3) is 0 Å². The van der Waals surface area contributed by atoms with Crippen molar-refractivity contribution in [1.82, 2.24) is 4.90 Å². The standard InChI is InChI=1S/C16H21NO3S/c18-9-4-7-15-11-13(12-21-15)16(20)17(8-10-19)14-5-2-1-3-6-14/h11-12,14,18-19H,1-3,5-6,8-10H2. The van der Waals surface area contributed by atoms with E-state index in [1.54, 1.807) is 11.4 Å². The lowest BCUT2D eigenvalue weighted by Crippen LogP contribution is -2.43. The summed E-state index contributed by atoms with van der Waals surface area (Å²) in [6.07, 6.45) is 5.57. The van der Waals surface area contributed by atoms with Gasteiger partial charge in [-0.25, -0.2) is 0 Å². The van der Waals surface area contributed by atoms with Gasteiger partial charge in [-0.15, -0.1) is 11.3 Å². The van der Waals surface area contributed by atoms with Crippen molar-refractivity contribution < 1.29 is 15.0 Å². The Hall–Kier alpha value is -1.35. The van der Waals surface area contributed by atoms with Crippen molar-refractivity contribution in [1.29, 1.82) is 0 Å². The molecule has 2 N–H and O–H groups in total. The third-order valence-electron chi connectivity index (χ3n) is 3.75. The van der Waals surface area contributed by atoms with E-state index in [9.17, 15) is 9.90 Å². The van der Waals surface area contributed by atoms with E-state index in [-0.39, 0.29) is 25.2 Å². The maximum absolute atomic E-state index is 12.6. The van der Waals surface area contributed by atoms with E-state index in [1.165, 1.54) is 17.8 Å². The summed E-state index contributed by atoms with van der Waals surface area (Å²) in [6.45, 7) is 0.195. The minimum Gasteiger partial charge on any atom is -0.395 e. The van der Waals surface area contributed by atoms with Gasteiger partial charge in [0.1, 0.15) is 6.61 Å². The second-order valence-corrected chi connectivity index (χ2v) is 6.08. The van der Waals surface area contributed by atoms with Gasteiger partial charge in [0, 0.05) is 18.0 Å². The third kappa shape index (κ3) is 4.31. The highest BCUT2D eigenvalue weighted by Gasteiger charge is 2.26. The molecule has 0 unspecified atom stereocenters. The molecule has 0 aromatic carbocycles. The van der Waals surface area contributed by atoms with Crippen molar-refractivity contribution >= 4 is 17.2 Å². The van der Waals surface area contributed by atoms with Gasteiger partial charge in [-0.2, -0.15) is 0 Å². The second kappa shape index (κ2) is 8.18. The first-order valence-electron chi connectivity index (χ1n) is 7.36. The van der Waals surface area contributed by atoms with Crippen LogP contribution in [0.3, 0.4) is 0 Å². The number of rotatable bonds is 4. The Morgan fingerprint density at radius 2 is 2.10 bits per heavy atom. The van der Waals surface area contributed by atoms with Gasteiger partial charge < -0.3 is 15.1 Å². The Kier molecular flexibility index (Phi) is 6.24. The van der Waals surface area contributed by atoms with Gasteiger partial charge >= 0.3 is 0 Å². The van der Waals surface area contributed by atoms with Crippen molar-refractivity contribution in [3.63, 3.8) is 0 Å². The lowest BCUT2D eigenvalue weighted by molar-refractivity contribution is 0.0586. The molecule has 4 nitrogen and oxygen atoms in total. The fourth-order valence-electron chi connectivity index (χ4n) is 2.76. The van der Waals surface area contributed by atoms with Gasteiger partial charge in [0.25, 0.3) is 5.91 Å². The number of carbonyl (C=O) groups excluding carboxylic acids is 1. The zero-order valence-corrected chi connectivity index (χ0v) is 12.9. The Bertz CT molecular complexity index is 523. The fourth-order valence-corrected chi connectivity index (χ4v) is 3.51. The van der Waals surface area contributed by atoms with Crippen LogP contribution in [-0.4, -0.2) is 46.8 Å². The molecule has 0 saturated heterocycles. The molecule has 21 heavy (non-hydrogen) atoms. The molecule has 0 spiro atoms. The van der Waals surface area contributed by atoms with E-state index in [0.29, 0.717) is 12.1 Å². The van der Waals surface area contributed by atoms with Gasteiger partial charge in [0.05, 0.1) is 17.0 Å². The summed E-state index contributed by atoms with van der Waals surface area (Å²) in [5, 5.41) is 19.7. The molecular weight excluding hydrogens is 286 g/mol. The highest BCUT2D eigenvalue weighted by Crippen LogP contribution is 2.25. The van der Waals surface area contributed by atoms with Crippen molar-refractivity contribution in [3.8, 4) is 11.8 Å². The Morgan fingerprint density at radius 1 is 1.33 bits per heavy atom. The van der Waals surface area contributed by atoms with Crippen molar-refractivity contribution in [2.45, 2.75) is 38.1 Å². The number of carbonyl (C=O) groups is 1. The Balaban J connectivity index is 2.11. The van der Waals surface area contributed by atoms with Gasteiger partial charge in [-0.05, 0) is 18.9 Å². The molecule has 1 saturated carbocycles. The minimum atomic E-state index is -0.181. The summed E-state index contributed by atoms with van der Waals surface area (Å²) in [5.41, 5.74) is 0.626. The quantitative estimate of drug-likeness (QED) is 0.835. The summed E-state index contributed by atoms with van der Waals surface area (Å²) in [5.74, 6) is 5.38. The van der Waals surface area contributed by atoms with Crippen LogP contribution < -0.4 is 0 Å². The molecule has 1 heterocycles. The van der Waals surface area contributed by atoms with Gasteiger partial charge in [-0.1, -0.05) is 31.1 Å². The normalized spacial score (nSPS) is 15.3. The van der Waals surface area contributed by atoms with E-state index in [0.717, 1.165) is 30.6 Å². The van der Waals surface area contributed by atoms with E-state index in [1.807, 2.05) is 4.90 Å². The van der Waals surface area contributed by atoms with Crippen LogP contribution in [0.15, 0.2) is 11.4 Å². The van der Waals surface area contributed by atoms with Gasteiger partial charge in [0.2, 0.25) is 0 Å². The molecular formula is C16H21NO3S.